The van der Waals surface area contributed by atoms with Crippen LogP contribution in [0.25, 0.3) is 0 Å². The van der Waals surface area contributed by atoms with Crippen LogP contribution in [0, 0.1) is 6.04 Å². The molecule has 0 spiro atoms. The second-order valence-electron chi connectivity index (χ2n) is 2.04. The van der Waals surface area contributed by atoms with Gasteiger partial charge in [0, 0.05) is 0 Å². The van der Waals surface area contributed by atoms with E-state index in [1.165, 1.54) is 6.08 Å². The van der Waals surface area contributed by atoms with E-state index >= 15 is 0 Å². The van der Waals surface area contributed by atoms with Gasteiger partial charge in [0.15, 0.2) is 0 Å². The summed E-state index contributed by atoms with van der Waals surface area (Å²) in [5.41, 5.74) is 0. The molecular formula is C7H12NO. The van der Waals surface area contributed by atoms with E-state index in [4.69, 9.17) is 0 Å². The van der Waals surface area contributed by atoms with Crippen molar-refractivity contribution in [2.24, 2.45) is 4.99 Å². The lowest BCUT2D eigenvalue weighted by Crippen LogP contribution is -1.84. The molecule has 1 radical (unpaired) electrons. The van der Waals surface area contributed by atoms with Gasteiger partial charge in [-0.15, -0.1) is 0 Å². The highest BCUT2D eigenvalue weighted by Crippen LogP contribution is 2.09. The molecule has 51 valence electrons. The number of rotatable bonds is 4. The summed E-state index contributed by atoms with van der Waals surface area (Å²) < 4.78 is 0. The van der Waals surface area contributed by atoms with Crippen molar-refractivity contribution in [3.63, 3.8) is 0 Å². The van der Waals surface area contributed by atoms with Crippen LogP contribution in [0.5, 0.6) is 0 Å². The van der Waals surface area contributed by atoms with Crippen LogP contribution in [0.4, 0.5) is 0 Å². The summed E-state index contributed by atoms with van der Waals surface area (Å²) in [4.78, 5) is 13.1. The molecule has 0 aliphatic rings. The van der Waals surface area contributed by atoms with E-state index in [0.29, 0.717) is 0 Å². The fraction of sp³-hybridized carbons (Fsp3) is 0.714. The normalized spacial score (nSPS) is 9.22. The first-order chi connectivity index (χ1) is 4.31. The monoisotopic (exact) mass is 126 g/mol. The van der Waals surface area contributed by atoms with E-state index in [-0.39, 0.29) is 0 Å². The Kier molecular flexibility index (Phi) is 5.14. The largest absolute Gasteiger partial charge is 0.235 e. The zero-order valence-electron chi connectivity index (χ0n) is 5.98. The molecule has 2 heteroatoms. The van der Waals surface area contributed by atoms with Crippen molar-refractivity contribution in [1.29, 1.82) is 0 Å². The van der Waals surface area contributed by atoms with E-state index < -0.39 is 0 Å². The number of hydrogen-bond acceptors (Lipinski definition) is 2. The highest BCUT2D eigenvalue weighted by Gasteiger charge is 1.96. The predicted octanol–water partition coefficient (Wildman–Crippen LogP) is 2.06. The molecule has 0 aromatic rings. The molecule has 0 heterocycles. The minimum absolute atomic E-state index is 0.881. The molecule has 0 saturated heterocycles. The quantitative estimate of drug-likeness (QED) is 0.418. The molecule has 0 aromatic carbocycles. The van der Waals surface area contributed by atoms with Gasteiger partial charge in [0.2, 0.25) is 6.08 Å². The molecule has 0 rings (SSSR count). The average molecular weight is 126 g/mol. The van der Waals surface area contributed by atoms with E-state index in [1.54, 1.807) is 0 Å². The zero-order chi connectivity index (χ0) is 7.11. The Balaban J connectivity index is 3.26. The molecule has 0 unspecified atom stereocenters. The van der Waals surface area contributed by atoms with Crippen molar-refractivity contribution >= 4 is 6.08 Å². The first-order valence-electron chi connectivity index (χ1n) is 3.21. The highest BCUT2D eigenvalue weighted by atomic mass is 16.1. The molecule has 0 N–H and O–H groups in total. The summed E-state index contributed by atoms with van der Waals surface area (Å²) in [7, 11) is 0. The molecular weight excluding hydrogens is 114 g/mol. The summed E-state index contributed by atoms with van der Waals surface area (Å²) in [6.45, 7) is 3.96. The van der Waals surface area contributed by atoms with Gasteiger partial charge in [-0.3, -0.25) is 0 Å². The molecule has 0 fully saturated rings. The van der Waals surface area contributed by atoms with Crippen molar-refractivity contribution < 1.29 is 4.79 Å². The minimum atomic E-state index is 0.881. The van der Waals surface area contributed by atoms with Gasteiger partial charge in [0.25, 0.3) is 0 Å². The summed E-state index contributed by atoms with van der Waals surface area (Å²) in [6, 6.07) is 0.881. The molecule has 0 bridgehead atoms. The van der Waals surface area contributed by atoms with Gasteiger partial charge < -0.3 is 0 Å². The Bertz CT molecular complexity index is 105. The van der Waals surface area contributed by atoms with Crippen LogP contribution >= 0.6 is 0 Å². The topological polar surface area (TPSA) is 29.4 Å². The Morgan fingerprint density at radius 1 is 1.67 bits per heavy atom. The maximum Gasteiger partial charge on any atom is 0.235 e. The van der Waals surface area contributed by atoms with Gasteiger partial charge in [0.1, 0.15) is 0 Å². The maximum atomic E-state index is 9.67. The fourth-order valence-electron chi connectivity index (χ4n) is 0.566. The molecule has 0 aliphatic heterocycles. The second-order valence-corrected chi connectivity index (χ2v) is 2.04. The summed E-state index contributed by atoms with van der Waals surface area (Å²) in [6.07, 6.45) is 4.69. The van der Waals surface area contributed by atoms with Crippen LogP contribution in [-0.2, 0) is 4.79 Å². The molecule has 0 aliphatic carbocycles. The van der Waals surface area contributed by atoms with Gasteiger partial charge in [0.05, 0.1) is 6.04 Å². The fourth-order valence-corrected chi connectivity index (χ4v) is 0.566. The van der Waals surface area contributed by atoms with Crippen molar-refractivity contribution in [2.75, 3.05) is 0 Å². The average Bonchev–Trinajstić information content (AvgIpc) is 1.85. The van der Waals surface area contributed by atoms with E-state index in [9.17, 15) is 4.79 Å². The van der Waals surface area contributed by atoms with Crippen molar-refractivity contribution in [3.8, 4) is 0 Å². The molecule has 0 atom stereocenters. The van der Waals surface area contributed by atoms with Crippen LogP contribution in [0.15, 0.2) is 4.99 Å². The molecule has 0 amide bonds. The summed E-state index contributed by atoms with van der Waals surface area (Å²) >= 11 is 0. The molecule has 9 heavy (non-hydrogen) atoms. The first-order valence-corrected chi connectivity index (χ1v) is 3.21. The number of unbranched alkanes of at least 4 members (excludes halogenated alkanes) is 1. The lowest BCUT2D eigenvalue weighted by atomic mass is 10.2. The lowest BCUT2D eigenvalue weighted by molar-refractivity contribution is 0.561. The van der Waals surface area contributed by atoms with Crippen molar-refractivity contribution in [3.05, 3.63) is 6.04 Å². The third-order valence-electron chi connectivity index (χ3n) is 1.13. The van der Waals surface area contributed by atoms with Crippen molar-refractivity contribution in [1.82, 2.24) is 0 Å². The molecule has 2 nitrogen and oxygen atoms in total. The standard InChI is InChI=1S/C7H12NO/c1-3-4-5-7(2)8-6-9/h3-5H2,1-2H3. The Morgan fingerprint density at radius 3 is 2.78 bits per heavy atom. The number of isocyanates is 1. The van der Waals surface area contributed by atoms with Gasteiger partial charge in [-0.1, -0.05) is 19.8 Å². The van der Waals surface area contributed by atoms with Gasteiger partial charge in [-0.2, -0.15) is 4.99 Å². The smallest absolute Gasteiger partial charge is 0.211 e. The number of aliphatic imine (C=N–C) groups is 1. The Labute approximate surface area is 56.0 Å². The lowest BCUT2D eigenvalue weighted by Gasteiger charge is -1.97. The zero-order valence-corrected chi connectivity index (χ0v) is 5.98. The Morgan fingerprint density at radius 2 is 2.33 bits per heavy atom. The van der Waals surface area contributed by atoms with Crippen LogP contribution in [0.1, 0.15) is 33.1 Å². The highest BCUT2D eigenvalue weighted by molar-refractivity contribution is 5.35. The number of nitrogens with zero attached hydrogens (tertiary/aromatic N) is 1. The SMILES string of the molecule is CCCC[C](C)N=C=O. The van der Waals surface area contributed by atoms with Crippen LogP contribution in [-0.4, -0.2) is 6.08 Å². The van der Waals surface area contributed by atoms with Crippen LogP contribution in [0.3, 0.4) is 0 Å². The first kappa shape index (κ1) is 8.38. The van der Waals surface area contributed by atoms with Gasteiger partial charge >= 0.3 is 0 Å². The number of carbonyl (C=O) groups excluding carboxylic acids is 1. The summed E-state index contributed by atoms with van der Waals surface area (Å²) in [5.74, 6) is 0. The van der Waals surface area contributed by atoms with E-state index in [0.717, 1.165) is 25.3 Å². The third-order valence-corrected chi connectivity index (χ3v) is 1.13. The molecule has 0 aromatic heterocycles. The van der Waals surface area contributed by atoms with Crippen LogP contribution < -0.4 is 0 Å². The van der Waals surface area contributed by atoms with Crippen molar-refractivity contribution in [2.45, 2.75) is 33.1 Å². The van der Waals surface area contributed by atoms with Gasteiger partial charge in [-0.05, 0) is 13.3 Å². The van der Waals surface area contributed by atoms with E-state index in [1.807, 2.05) is 6.92 Å². The Hall–Kier alpha value is -0.620. The third kappa shape index (κ3) is 5.25. The van der Waals surface area contributed by atoms with Crippen LogP contribution in [0.2, 0.25) is 0 Å². The predicted molar refractivity (Wildman–Crippen MR) is 36.6 cm³/mol. The summed E-state index contributed by atoms with van der Waals surface area (Å²) in [5, 5.41) is 0. The maximum absolute atomic E-state index is 9.67. The second kappa shape index (κ2) is 5.52. The molecule has 0 saturated carbocycles. The number of hydrogen-bond donors (Lipinski definition) is 0. The van der Waals surface area contributed by atoms with Gasteiger partial charge in [-0.25, -0.2) is 4.79 Å². The van der Waals surface area contributed by atoms with E-state index in [2.05, 4.69) is 11.9 Å². The minimum Gasteiger partial charge on any atom is -0.211 e.